The second-order valence-corrected chi connectivity index (χ2v) is 8.22. The molecule has 28 heavy (non-hydrogen) atoms. The third kappa shape index (κ3) is 7.05. The van der Waals surface area contributed by atoms with Crippen molar-refractivity contribution < 1.29 is 22.7 Å². The molecule has 0 radical (unpaired) electrons. The Hall–Kier alpha value is -2.84. The van der Waals surface area contributed by atoms with Gasteiger partial charge >= 0.3 is 0 Å². The zero-order valence-electron chi connectivity index (χ0n) is 15.9. The molecule has 2 aromatic rings. The first kappa shape index (κ1) is 21.5. The number of nitrogens with zero attached hydrogens (tertiary/aromatic N) is 1. The number of hydrogen-bond acceptors (Lipinski definition) is 5. The van der Waals surface area contributed by atoms with Crippen LogP contribution in [0, 0.1) is 0 Å². The van der Waals surface area contributed by atoms with Gasteiger partial charge in [-0.3, -0.25) is 4.79 Å². The highest BCUT2D eigenvalue weighted by Crippen LogP contribution is 2.18. The third-order valence-electron chi connectivity index (χ3n) is 3.75. The number of hydrogen-bond donors (Lipinski definition) is 1. The van der Waals surface area contributed by atoms with Crippen molar-refractivity contribution >= 4 is 21.6 Å². The first-order valence-corrected chi connectivity index (χ1v) is 10.4. The lowest BCUT2D eigenvalue weighted by molar-refractivity contribution is -0.118. The highest BCUT2D eigenvalue weighted by atomic mass is 32.2. The van der Waals surface area contributed by atoms with Crippen molar-refractivity contribution in [3.05, 3.63) is 66.7 Å². The van der Waals surface area contributed by atoms with Crippen LogP contribution in [-0.4, -0.2) is 45.1 Å². The van der Waals surface area contributed by atoms with Gasteiger partial charge < -0.3 is 14.8 Å². The number of carbonyl (C=O) groups excluding carboxylic acids is 1. The summed E-state index contributed by atoms with van der Waals surface area (Å²) < 4.78 is 35.0. The van der Waals surface area contributed by atoms with Gasteiger partial charge in [0, 0.05) is 25.3 Å². The SMILES string of the molecule is C=CCOc1cccc(NC(=O)COc2ccc(CN(C)S(C)(=O)=O)cc2)c1. The molecule has 1 amide bonds. The molecule has 0 heterocycles. The largest absolute Gasteiger partial charge is 0.489 e. The van der Waals surface area contributed by atoms with Gasteiger partial charge in [-0.2, -0.15) is 0 Å². The predicted octanol–water partition coefficient (Wildman–Crippen LogP) is 2.66. The van der Waals surface area contributed by atoms with E-state index in [4.69, 9.17) is 9.47 Å². The van der Waals surface area contributed by atoms with Crippen LogP contribution in [-0.2, 0) is 21.4 Å². The Bertz CT molecular complexity index is 910. The summed E-state index contributed by atoms with van der Waals surface area (Å²) in [6.07, 6.45) is 2.80. The molecule has 8 heteroatoms. The molecule has 150 valence electrons. The lowest BCUT2D eigenvalue weighted by atomic mass is 10.2. The van der Waals surface area contributed by atoms with E-state index in [1.807, 2.05) is 0 Å². The molecule has 0 aliphatic heterocycles. The van der Waals surface area contributed by atoms with Crippen molar-refractivity contribution in [1.29, 1.82) is 0 Å². The molecule has 1 N–H and O–H groups in total. The molecule has 7 nitrogen and oxygen atoms in total. The Balaban J connectivity index is 1.85. The van der Waals surface area contributed by atoms with E-state index >= 15 is 0 Å². The lowest BCUT2D eigenvalue weighted by Gasteiger charge is -2.14. The number of nitrogens with one attached hydrogen (secondary N) is 1. The van der Waals surface area contributed by atoms with Crippen LogP contribution < -0.4 is 14.8 Å². The second-order valence-electron chi connectivity index (χ2n) is 6.13. The van der Waals surface area contributed by atoms with Gasteiger partial charge in [0.25, 0.3) is 5.91 Å². The van der Waals surface area contributed by atoms with Crippen LogP contribution in [0.15, 0.2) is 61.2 Å². The maximum atomic E-state index is 12.1. The normalized spacial score (nSPS) is 11.1. The van der Waals surface area contributed by atoms with Crippen LogP contribution >= 0.6 is 0 Å². The van der Waals surface area contributed by atoms with Gasteiger partial charge in [0.1, 0.15) is 18.1 Å². The highest BCUT2D eigenvalue weighted by molar-refractivity contribution is 7.88. The molecule has 0 saturated heterocycles. The molecular formula is C20H24N2O5S. The molecule has 0 atom stereocenters. The van der Waals surface area contributed by atoms with E-state index in [1.54, 1.807) is 54.6 Å². The van der Waals surface area contributed by atoms with Gasteiger partial charge in [-0.15, -0.1) is 0 Å². The summed E-state index contributed by atoms with van der Waals surface area (Å²) in [4.78, 5) is 12.1. The van der Waals surface area contributed by atoms with Gasteiger partial charge in [0.2, 0.25) is 10.0 Å². The fourth-order valence-electron chi connectivity index (χ4n) is 2.23. The first-order chi connectivity index (χ1) is 13.3. The van der Waals surface area contributed by atoms with E-state index in [2.05, 4.69) is 11.9 Å². The topological polar surface area (TPSA) is 84.9 Å². The quantitative estimate of drug-likeness (QED) is 0.616. The molecule has 0 unspecified atom stereocenters. The Morgan fingerprint density at radius 2 is 1.86 bits per heavy atom. The predicted molar refractivity (Wildman–Crippen MR) is 109 cm³/mol. The second kappa shape index (κ2) is 9.91. The zero-order chi connectivity index (χ0) is 20.6. The standard InChI is InChI=1S/C20H24N2O5S/c1-4-12-26-19-7-5-6-17(13-19)21-20(23)15-27-18-10-8-16(9-11-18)14-22(2)28(3,24)25/h4-11,13H,1,12,14-15H2,2-3H3,(H,21,23). The number of rotatable bonds is 10. The average Bonchev–Trinajstić information content (AvgIpc) is 2.65. The number of benzene rings is 2. The number of carbonyl (C=O) groups is 1. The molecule has 0 saturated carbocycles. The van der Waals surface area contributed by atoms with E-state index in [9.17, 15) is 13.2 Å². The Labute approximate surface area is 165 Å². The first-order valence-electron chi connectivity index (χ1n) is 8.54. The molecule has 0 fully saturated rings. The van der Waals surface area contributed by atoms with E-state index in [-0.39, 0.29) is 19.1 Å². The van der Waals surface area contributed by atoms with Crippen molar-refractivity contribution in [3.63, 3.8) is 0 Å². The van der Waals surface area contributed by atoms with Gasteiger partial charge in [-0.1, -0.05) is 30.9 Å². The van der Waals surface area contributed by atoms with Crippen molar-refractivity contribution in [2.75, 3.05) is 31.8 Å². The number of amides is 1. The minimum atomic E-state index is -3.24. The average molecular weight is 404 g/mol. The highest BCUT2D eigenvalue weighted by Gasteiger charge is 2.11. The molecule has 0 aromatic heterocycles. The fraction of sp³-hybridized carbons (Fsp3) is 0.250. The van der Waals surface area contributed by atoms with Crippen molar-refractivity contribution in [1.82, 2.24) is 4.31 Å². The van der Waals surface area contributed by atoms with Crippen molar-refractivity contribution in [3.8, 4) is 11.5 Å². The molecule has 0 aliphatic rings. The molecular weight excluding hydrogens is 380 g/mol. The van der Waals surface area contributed by atoms with E-state index in [0.29, 0.717) is 23.8 Å². The van der Waals surface area contributed by atoms with Crippen LogP contribution in [0.4, 0.5) is 5.69 Å². The molecule has 0 spiro atoms. The van der Waals surface area contributed by atoms with Crippen molar-refractivity contribution in [2.45, 2.75) is 6.54 Å². The van der Waals surface area contributed by atoms with E-state index in [0.717, 1.165) is 11.8 Å². The van der Waals surface area contributed by atoms with Gasteiger partial charge in [0.15, 0.2) is 6.61 Å². The third-order valence-corrected chi connectivity index (χ3v) is 5.01. The summed E-state index contributed by atoms with van der Waals surface area (Å²) >= 11 is 0. The molecule has 2 aromatic carbocycles. The fourth-order valence-corrected chi connectivity index (χ4v) is 2.61. The summed E-state index contributed by atoms with van der Waals surface area (Å²) in [6, 6.07) is 14.0. The molecule has 0 bridgehead atoms. The number of anilines is 1. The molecule has 2 rings (SSSR count). The van der Waals surface area contributed by atoms with Crippen LogP contribution in [0.2, 0.25) is 0 Å². The monoisotopic (exact) mass is 404 g/mol. The maximum absolute atomic E-state index is 12.1. The smallest absolute Gasteiger partial charge is 0.262 e. The van der Waals surface area contributed by atoms with Crippen LogP contribution in [0.25, 0.3) is 0 Å². The number of sulfonamides is 1. The summed E-state index contributed by atoms with van der Waals surface area (Å²) in [6.45, 7) is 4.09. The molecule has 0 aliphatic carbocycles. The summed E-state index contributed by atoms with van der Waals surface area (Å²) in [7, 11) is -1.72. The summed E-state index contributed by atoms with van der Waals surface area (Å²) in [5, 5.41) is 2.74. The summed E-state index contributed by atoms with van der Waals surface area (Å²) in [5.74, 6) is 0.846. The Kier molecular flexibility index (Phi) is 7.60. The minimum absolute atomic E-state index is 0.152. The number of ether oxygens (including phenoxy) is 2. The summed E-state index contributed by atoms with van der Waals surface area (Å²) in [5.41, 5.74) is 1.43. The minimum Gasteiger partial charge on any atom is -0.489 e. The van der Waals surface area contributed by atoms with Crippen LogP contribution in [0.3, 0.4) is 0 Å². The van der Waals surface area contributed by atoms with Crippen molar-refractivity contribution in [2.24, 2.45) is 0 Å². The van der Waals surface area contributed by atoms with Gasteiger partial charge in [0.05, 0.1) is 6.26 Å². The van der Waals surface area contributed by atoms with E-state index in [1.165, 1.54) is 11.4 Å². The van der Waals surface area contributed by atoms with Crippen LogP contribution in [0.1, 0.15) is 5.56 Å². The lowest BCUT2D eigenvalue weighted by Crippen LogP contribution is -2.24. The van der Waals surface area contributed by atoms with E-state index < -0.39 is 10.0 Å². The Morgan fingerprint density at radius 1 is 1.14 bits per heavy atom. The van der Waals surface area contributed by atoms with Gasteiger partial charge in [-0.05, 0) is 29.8 Å². The van der Waals surface area contributed by atoms with Gasteiger partial charge in [-0.25, -0.2) is 12.7 Å². The Morgan fingerprint density at radius 3 is 2.50 bits per heavy atom. The van der Waals surface area contributed by atoms with Crippen LogP contribution in [0.5, 0.6) is 11.5 Å². The maximum Gasteiger partial charge on any atom is 0.262 e. The zero-order valence-corrected chi connectivity index (χ0v) is 16.7.